The standard InChI is InChI=1S/C26H32N2O4S/c1-3-11-21(24(29)32-4-2)26(31)23-22(18-33-26)27(16-19-12-7-5-8-13-19)25(30)28(23)17-20-14-9-6-10-15-20/h5-10,12-15,21-23,31H,3-4,11,16-18H2,1-2H3/t21?,22-,23-,26?/m1/s1. The second kappa shape index (κ2) is 10.2. The number of esters is 1. The van der Waals surface area contributed by atoms with Gasteiger partial charge in [0.25, 0.3) is 0 Å². The molecular weight excluding hydrogens is 436 g/mol. The normalized spacial score (nSPS) is 25.2. The van der Waals surface area contributed by atoms with Crippen LogP contribution in [-0.4, -0.2) is 56.3 Å². The fourth-order valence-electron chi connectivity index (χ4n) is 5.03. The van der Waals surface area contributed by atoms with E-state index in [2.05, 4.69) is 0 Å². The lowest BCUT2D eigenvalue weighted by Gasteiger charge is -2.38. The zero-order chi connectivity index (χ0) is 23.4. The molecule has 2 aromatic carbocycles. The summed E-state index contributed by atoms with van der Waals surface area (Å²) in [5.41, 5.74) is 2.04. The minimum Gasteiger partial charge on any atom is -0.466 e. The lowest BCUT2D eigenvalue weighted by atomic mass is 9.88. The van der Waals surface area contributed by atoms with E-state index in [1.165, 1.54) is 11.8 Å². The first kappa shape index (κ1) is 23.6. The van der Waals surface area contributed by atoms with Crippen LogP contribution in [0.5, 0.6) is 0 Å². The Morgan fingerprint density at radius 1 is 1.06 bits per heavy atom. The van der Waals surface area contributed by atoms with Crippen molar-refractivity contribution in [2.24, 2.45) is 5.92 Å². The minimum atomic E-state index is -1.40. The molecule has 0 aromatic heterocycles. The summed E-state index contributed by atoms with van der Waals surface area (Å²) in [6.45, 7) is 4.89. The highest BCUT2D eigenvalue weighted by Crippen LogP contribution is 2.51. The number of amides is 2. The molecule has 2 aliphatic rings. The highest BCUT2D eigenvalue weighted by molar-refractivity contribution is 8.00. The number of hydrogen-bond acceptors (Lipinski definition) is 5. The van der Waals surface area contributed by atoms with Crippen molar-refractivity contribution in [1.29, 1.82) is 0 Å². The van der Waals surface area contributed by atoms with Crippen molar-refractivity contribution in [1.82, 2.24) is 9.80 Å². The molecule has 2 unspecified atom stereocenters. The van der Waals surface area contributed by atoms with E-state index < -0.39 is 16.9 Å². The largest absolute Gasteiger partial charge is 0.466 e. The first-order chi connectivity index (χ1) is 16.0. The first-order valence-electron chi connectivity index (χ1n) is 11.7. The average Bonchev–Trinajstić information content (AvgIpc) is 3.30. The van der Waals surface area contributed by atoms with Gasteiger partial charge in [-0.3, -0.25) is 4.79 Å². The van der Waals surface area contributed by atoms with Crippen molar-refractivity contribution in [3.63, 3.8) is 0 Å². The summed E-state index contributed by atoms with van der Waals surface area (Å²) in [6, 6.07) is 18.9. The first-order valence-corrected chi connectivity index (χ1v) is 12.7. The smallest absolute Gasteiger partial charge is 0.321 e. The van der Waals surface area contributed by atoms with E-state index in [1.54, 1.807) is 11.8 Å². The number of aliphatic hydroxyl groups is 1. The highest BCUT2D eigenvalue weighted by Gasteiger charge is 2.64. The van der Waals surface area contributed by atoms with Crippen LogP contribution in [0.25, 0.3) is 0 Å². The SMILES string of the molecule is CCCC(C(=O)OCC)C1(O)SC[C@@H]2[C@H]1N(Cc1ccccc1)C(=O)N2Cc1ccccc1. The van der Waals surface area contributed by atoms with Gasteiger partial charge in [-0.05, 0) is 24.5 Å². The Labute approximate surface area is 199 Å². The molecule has 2 fully saturated rings. The van der Waals surface area contributed by atoms with E-state index in [0.717, 1.165) is 17.5 Å². The molecule has 0 radical (unpaired) electrons. The maximum atomic E-state index is 13.7. The number of benzene rings is 2. The Balaban J connectivity index is 1.70. The number of fused-ring (bicyclic) bond motifs is 1. The van der Waals surface area contributed by atoms with Gasteiger partial charge in [-0.1, -0.05) is 74.0 Å². The Morgan fingerprint density at radius 2 is 1.64 bits per heavy atom. The number of thioether (sulfide) groups is 1. The summed E-state index contributed by atoms with van der Waals surface area (Å²) < 4.78 is 5.36. The van der Waals surface area contributed by atoms with Crippen LogP contribution in [0.2, 0.25) is 0 Å². The van der Waals surface area contributed by atoms with Gasteiger partial charge in [0.15, 0.2) is 0 Å². The van der Waals surface area contributed by atoms with Crippen LogP contribution in [0.4, 0.5) is 4.79 Å². The van der Waals surface area contributed by atoms with Crippen LogP contribution in [0.3, 0.4) is 0 Å². The lowest BCUT2D eigenvalue weighted by Crippen LogP contribution is -2.55. The summed E-state index contributed by atoms with van der Waals surface area (Å²) in [7, 11) is 0. The molecule has 0 bridgehead atoms. The fourth-order valence-corrected chi connectivity index (χ4v) is 6.70. The van der Waals surface area contributed by atoms with Crippen molar-refractivity contribution >= 4 is 23.8 Å². The predicted octanol–water partition coefficient (Wildman–Crippen LogP) is 4.28. The van der Waals surface area contributed by atoms with E-state index in [0.29, 0.717) is 25.3 Å². The maximum absolute atomic E-state index is 13.7. The number of hydrogen-bond donors (Lipinski definition) is 1. The average molecular weight is 469 g/mol. The Bertz CT molecular complexity index is 957. The van der Waals surface area contributed by atoms with Crippen LogP contribution in [-0.2, 0) is 22.6 Å². The number of urea groups is 1. The highest BCUT2D eigenvalue weighted by atomic mass is 32.2. The van der Waals surface area contributed by atoms with E-state index in [4.69, 9.17) is 4.74 Å². The summed E-state index contributed by atoms with van der Waals surface area (Å²) >= 11 is 1.39. The molecule has 2 heterocycles. The molecule has 2 aromatic rings. The van der Waals surface area contributed by atoms with Crippen LogP contribution in [0.1, 0.15) is 37.8 Å². The molecule has 4 rings (SSSR count). The van der Waals surface area contributed by atoms with Crippen molar-refractivity contribution in [2.45, 2.75) is 56.8 Å². The van der Waals surface area contributed by atoms with Gasteiger partial charge in [0.2, 0.25) is 0 Å². The van der Waals surface area contributed by atoms with Gasteiger partial charge in [-0.15, -0.1) is 11.8 Å². The van der Waals surface area contributed by atoms with Gasteiger partial charge in [0.1, 0.15) is 4.93 Å². The summed E-state index contributed by atoms with van der Waals surface area (Å²) in [5, 5.41) is 12.0. The van der Waals surface area contributed by atoms with Crippen molar-refractivity contribution in [2.75, 3.05) is 12.4 Å². The van der Waals surface area contributed by atoms with Crippen LogP contribution in [0.15, 0.2) is 60.7 Å². The second-order valence-electron chi connectivity index (χ2n) is 8.68. The molecule has 2 aliphatic heterocycles. The van der Waals surface area contributed by atoms with Gasteiger partial charge < -0.3 is 19.6 Å². The van der Waals surface area contributed by atoms with E-state index in [9.17, 15) is 14.7 Å². The van der Waals surface area contributed by atoms with Gasteiger partial charge in [0, 0.05) is 18.8 Å². The molecule has 0 spiro atoms. The van der Waals surface area contributed by atoms with Crippen molar-refractivity contribution in [3.8, 4) is 0 Å². The molecule has 33 heavy (non-hydrogen) atoms. The van der Waals surface area contributed by atoms with Gasteiger partial charge >= 0.3 is 12.0 Å². The van der Waals surface area contributed by atoms with E-state index >= 15 is 0 Å². The zero-order valence-electron chi connectivity index (χ0n) is 19.2. The molecule has 2 saturated heterocycles. The number of ether oxygens (including phenoxy) is 1. The molecule has 4 atom stereocenters. The predicted molar refractivity (Wildman–Crippen MR) is 129 cm³/mol. The van der Waals surface area contributed by atoms with Crippen LogP contribution in [0, 0.1) is 5.92 Å². The van der Waals surface area contributed by atoms with Gasteiger partial charge in [-0.25, -0.2) is 4.79 Å². The number of rotatable bonds is 9. The third-order valence-electron chi connectivity index (χ3n) is 6.54. The maximum Gasteiger partial charge on any atom is 0.321 e. The molecule has 0 saturated carbocycles. The van der Waals surface area contributed by atoms with Crippen LogP contribution >= 0.6 is 11.8 Å². The Kier molecular flexibility index (Phi) is 7.29. The van der Waals surface area contributed by atoms with E-state index in [1.807, 2.05) is 72.5 Å². The number of carbonyl (C=O) groups is 2. The van der Waals surface area contributed by atoms with Gasteiger partial charge in [-0.2, -0.15) is 0 Å². The molecular formula is C26H32N2O4S. The number of carbonyl (C=O) groups excluding carboxylic acids is 2. The second-order valence-corrected chi connectivity index (χ2v) is 9.95. The minimum absolute atomic E-state index is 0.101. The third kappa shape index (κ3) is 4.62. The van der Waals surface area contributed by atoms with E-state index in [-0.39, 0.29) is 24.6 Å². The lowest BCUT2D eigenvalue weighted by molar-refractivity contribution is -0.155. The fraction of sp³-hybridized carbons (Fsp3) is 0.462. The molecule has 0 aliphatic carbocycles. The zero-order valence-corrected chi connectivity index (χ0v) is 20.0. The third-order valence-corrected chi connectivity index (χ3v) is 8.04. The molecule has 7 heteroatoms. The Morgan fingerprint density at radius 3 is 2.18 bits per heavy atom. The monoisotopic (exact) mass is 468 g/mol. The molecule has 176 valence electrons. The van der Waals surface area contributed by atoms with Gasteiger partial charge in [0.05, 0.1) is 24.6 Å². The van der Waals surface area contributed by atoms with Crippen molar-refractivity contribution in [3.05, 3.63) is 71.8 Å². The van der Waals surface area contributed by atoms with Crippen molar-refractivity contribution < 1.29 is 19.4 Å². The molecule has 6 nitrogen and oxygen atoms in total. The quantitative estimate of drug-likeness (QED) is 0.440. The molecule has 2 amide bonds. The molecule has 1 N–H and O–H groups in total. The van der Waals surface area contributed by atoms with Crippen LogP contribution < -0.4 is 0 Å². The Hall–Kier alpha value is -2.51. The summed E-state index contributed by atoms with van der Waals surface area (Å²) in [4.78, 5) is 28.9. The summed E-state index contributed by atoms with van der Waals surface area (Å²) in [6.07, 6.45) is 1.25. The number of nitrogens with zero attached hydrogens (tertiary/aromatic N) is 2. The summed E-state index contributed by atoms with van der Waals surface area (Å²) in [5.74, 6) is -0.501. The topological polar surface area (TPSA) is 70.1 Å².